The highest BCUT2D eigenvalue weighted by Crippen LogP contribution is 2.50. The molecule has 0 bridgehead atoms. The van der Waals surface area contributed by atoms with Crippen LogP contribution in [0.25, 0.3) is 0 Å². The quantitative estimate of drug-likeness (QED) is 0.223. The van der Waals surface area contributed by atoms with Gasteiger partial charge in [-0.1, -0.05) is 34.1 Å². The molecular formula is C25H23BrIN7O7. The average molecular weight is 740 g/mol. The van der Waals surface area contributed by atoms with Crippen molar-refractivity contribution < 1.29 is 33.6 Å². The molecule has 0 spiro atoms. The Morgan fingerprint density at radius 3 is 2.76 bits per heavy atom. The fraction of sp³-hybridized carbons (Fsp3) is 0.320. The zero-order valence-corrected chi connectivity index (χ0v) is 25.1. The molecular weight excluding hydrogens is 717 g/mol. The largest absolute Gasteiger partial charge is 0.477 e. The summed E-state index contributed by atoms with van der Waals surface area (Å²) in [5, 5.41) is 14.9. The van der Waals surface area contributed by atoms with Crippen LogP contribution in [0.2, 0.25) is 0 Å². The molecule has 6 rings (SSSR count). The van der Waals surface area contributed by atoms with Gasteiger partial charge in [0, 0.05) is 22.8 Å². The van der Waals surface area contributed by atoms with E-state index in [2.05, 4.69) is 44.7 Å². The van der Waals surface area contributed by atoms with Gasteiger partial charge in [-0.25, -0.2) is 24.5 Å². The second-order valence-electron chi connectivity index (χ2n) is 8.94. The lowest BCUT2D eigenvalue weighted by Crippen LogP contribution is -2.38. The first-order chi connectivity index (χ1) is 19.9. The number of carbonyl (C=O) groups is 2. The molecule has 5 atom stereocenters. The number of fused-ring (bicyclic) bond motifs is 2. The van der Waals surface area contributed by atoms with E-state index in [4.69, 9.17) is 18.9 Å². The number of carboxylic acids is 1. The van der Waals surface area contributed by atoms with E-state index < -0.39 is 64.1 Å². The van der Waals surface area contributed by atoms with Crippen molar-refractivity contribution in [3.8, 4) is 5.88 Å². The molecule has 0 aliphatic carbocycles. The maximum atomic E-state index is 12.1. The minimum atomic E-state index is -1.15. The maximum absolute atomic E-state index is 12.1. The lowest BCUT2D eigenvalue weighted by atomic mass is 10.1. The van der Waals surface area contributed by atoms with Crippen molar-refractivity contribution in [2.75, 3.05) is 21.6 Å². The van der Waals surface area contributed by atoms with Crippen LogP contribution in [-0.4, -0.2) is 69.8 Å². The standard InChI is InChI=1S/C25H23BrIN7O7/c1-2-28-25(37)32-19-16-20(31-11-30-19)34(27-33-16)22-18-17(40-24(41-18)12-6-3-4-8-14(12)26)15(39-22)10-38-21-13(23(35)36)7-5-9-29-21/h3-9,11,15,17-18,22,24H,2,10H2,1H3,(H,35,36)(H2,28,30,31,32,37). The number of pyridine rings is 1. The van der Waals surface area contributed by atoms with Crippen molar-refractivity contribution in [3.63, 3.8) is 0 Å². The number of nitrogens with zero attached hydrogens (tertiary/aromatic N) is 5. The minimum Gasteiger partial charge on any atom is -0.477 e. The molecule has 1 aromatic carbocycles. The summed E-state index contributed by atoms with van der Waals surface area (Å²) in [6, 6.07) is 10.2. The molecule has 3 aliphatic rings. The van der Waals surface area contributed by atoms with Crippen LogP contribution in [0.4, 0.5) is 22.1 Å². The van der Waals surface area contributed by atoms with Crippen molar-refractivity contribution in [1.82, 2.24) is 20.3 Å². The van der Waals surface area contributed by atoms with Gasteiger partial charge in [-0.05, 0) is 25.1 Å². The SMILES string of the molecule is CCNC(=O)Nc1ncnc2c1N=IN2C1OC(COc2ncccc2C(=O)O)C2OC(c3ccccc3Br)OC21. The summed E-state index contributed by atoms with van der Waals surface area (Å²) in [4.78, 5) is 36.5. The first kappa shape index (κ1) is 27.8. The van der Waals surface area contributed by atoms with Gasteiger partial charge in [0.1, 0.15) is 58.1 Å². The van der Waals surface area contributed by atoms with E-state index in [1.807, 2.05) is 34.3 Å². The molecule has 2 fully saturated rings. The number of ether oxygens (including phenoxy) is 4. The summed E-state index contributed by atoms with van der Waals surface area (Å²) in [6.45, 7) is 2.24. The normalized spacial score (nSPS) is 24.3. The van der Waals surface area contributed by atoms with E-state index in [0.29, 0.717) is 23.9 Å². The molecule has 3 aromatic rings. The summed E-state index contributed by atoms with van der Waals surface area (Å²) < 4.78 is 32.5. The highest BCUT2D eigenvalue weighted by atomic mass is 127. The molecule has 41 heavy (non-hydrogen) atoms. The first-order valence-electron chi connectivity index (χ1n) is 12.5. The lowest BCUT2D eigenvalue weighted by Gasteiger charge is -2.26. The number of rotatable bonds is 8. The predicted molar refractivity (Wildman–Crippen MR) is 155 cm³/mol. The Morgan fingerprint density at radius 2 is 1.95 bits per heavy atom. The smallest absolute Gasteiger partial charge is 0.341 e. The van der Waals surface area contributed by atoms with Crippen LogP contribution in [-0.2, 0) is 14.2 Å². The summed E-state index contributed by atoms with van der Waals surface area (Å²) in [6.07, 6.45) is -0.263. The number of anilines is 2. The summed E-state index contributed by atoms with van der Waals surface area (Å²) >= 11 is 2.55. The van der Waals surface area contributed by atoms with Gasteiger partial charge in [0.2, 0.25) is 5.88 Å². The monoisotopic (exact) mass is 739 g/mol. The van der Waals surface area contributed by atoms with Crippen LogP contribution >= 0.6 is 37.2 Å². The highest BCUT2D eigenvalue weighted by Gasteiger charge is 2.56. The first-order valence-corrected chi connectivity index (χ1v) is 15.2. The molecule has 5 heterocycles. The number of carboxylic acid groups (broad SMARTS) is 1. The number of hydrogen-bond acceptors (Lipinski definition) is 11. The van der Waals surface area contributed by atoms with Gasteiger partial charge in [-0.15, -0.1) is 0 Å². The number of urea groups is 1. The van der Waals surface area contributed by atoms with E-state index in [-0.39, 0.29) is 18.1 Å². The zero-order chi connectivity index (χ0) is 28.5. The van der Waals surface area contributed by atoms with Crippen molar-refractivity contribution >= 4 is 66.6 Å². The Morgan fingerprint density at radius 1 is 1.12 bits per heavy atom. The third-order valence-corrected chi connectivity index (χ3v) is 9.28. The second kappa shape index (κ2) is 11.9. The van der Waals surface area contributed by atoms with Crippen molar-refractivity contribution in [3.05, 3.63) is 64.5 Å². The van der Waals surface area contributed by atoms with Crippen LogP contribution in [0, 0.1) is 0 Å². The molecule has 0 radical (unpaired) electrons. The lowest BCUT2D eigenvalue weighted by molar-refractivity contribution is -0.134. The van der Waals surface area contributed by atoms with E-state index >= 15 is 0 Å². The number of carbonyl (C=O) groups excluding carboxylic acids is 1. The number of aromatic carboxylic acids is 1. The Kier molecular flexibility index (Phi) is 8.07. The fourth-order valence-corrected chi connectivity index (χ4v) is 7.19. The van der Waals surface area contributed by atoms with E-state index in [1.165, 1.54) is 24.7 Å². The molecule has 5 unspecified atom stereocenters. The number of benzene rings is 1. The third kappa shape index (κ3) is 5.49. The Bertz CT molecular complexity index is 1510. The molecule has 2 saturated heterocycles. The van der Waals surface area contributed by atoms with Crippen molar-refractivity contribution in [2.45, 2.75) is 37.8 Å². The number of amides is 2. The van der Waals surface area contributed by atoms with Crippen molar-refractivity contribution in [2.24, 2.45) is 3.15 Å². The Hall–Kier alpha value is -3.32. The van der Waals surface area contributed by atoms with Crippen LogP contribution in [0.1, 0.15) is 29.1 Å². The number of nitrogens with one attached hydrogen (secondary N) is 2. The van der Waals surface area contributed by atoms with Gasteiger partial charge in [-0.2, -0.15) is 3.15 Å². The third-order valence-electron chi connectivity index (χ3n) is 6.39. The van der Waals surface area contributed by atoms with Crippen LogP contribution in [0.15, 0.2) is 56.5 Å². The zero-order valence-electron chi connectivity index (χ0n) is 21.3. The van der Waals surface area contributed by atoms with E-state index in [9.17, 15) is 14.7 Å². The van der Waals surface area contributed by atoms with Gasteiger partial charge in [-0.3, -0.25) is 8.43 Å². The predicted octanol–water partition coefficient (Wildman–Crippen LogP) is 4.28. The minimum absolute atomic E-state index is 0.0207. The summed E-state index contributed by atoms with van der Waals surface area (Å²) in [5.74, 6) is -0.366. The molecule has 2 aromatic heterocycles. The summed E-state index contributed by atoms with van der Waals surface area (Å²) in [7, 11) is 0. The molecule has 3 aliphatic heterocycles. The van der Waals surface area contributed by atoms with Gasteiger partial charge >= 0.3 is 12.0 Å². The molecule has 0 saturated carbocycles. The van der Waals surface area contributed by atoms with Crippen LogP contribution in [0.3, 0.4) is 0 Å². The van der Waals surface area contributed by atoms with Crippen LogP contribution < -0.4 is 18.5 Å². The molecule has 3 N–H and O–H groups in total. The van der Waals surface area contributed by atoms with E-state index in [1.54, 1.807) is 0 Å². The maximum Gasteiger partial charge on any atom is 0.341 e. The van der Waals surface area contributed by atoms with Gasteiger partial charge in [0.15, 0.2) is 29.8 Å². The summed E-state index contributed by atoms with van der Waals surface area (Å²) in [5.41, 5.74) is 1.22. The number of hydrogen-bond donors (Lipinski definition) is 3. The molecule has 14 nitrogen and oxygen atoms in total. The Labute approximate surface area is 252 Å². The van der Waals surface area contributed by atoms with Crippen molar-refractivity contribution in [1.29, 1.82) is 0 Å². The highest BCUT2D eigenvalue weighted by molar-refractivity contribution is 14.2. The fourth-order valence-electron chi connectivity index (χ4n) is 4.58. The van der Waals surface area contributed by atoms with Crippen LogP contribution in [0.5, 0.6) is 5.88 Å². The van der Waals surface area contributed by atoms with Gasteiger partial charge in [0.25, 0.3) is 0 Å². The molecule has 16 heteroatoms. The molecule has 214 valence electrons. The topological polar surface area (TPSA) is 170 Å². The Balaban J connectivity index is 1.28. The van der Waals surface area contributed by atoms with E-state index in [0.717, 1.165) is 10.0 Å². The van der Waals surface area contributed by atoms with Gasteiger partial charge in [0.05, 0.1) is 0 Å². The second-order valence-corrected chi connectivity index (χ2v) is 11.8. The number of halogens is 2. The number of aromatic nitrogens is 3. The van der Waals surface area contributed by atoms with Gasteiger partial charge < -0.3 is 29.4 Å². The molecule has 2 amide bonds. The average Bonchev–Trinajstić information content (AvgIpc) is 3.67.